The molecule has 0 fully saturated rings. The summed E-state index contributed by atoms with van der Waals surface area (Å²) in [4.78, 5) is 27.7. The smallest absolute Gasteiger partial charge is 0.288 e. The van der Waals surface area contributed by atoms with Gasteiger partial charge in [-0.15, -0.1) is 0 Å². The summed E-state index contributed by atoms with van der Waals surface area (Å²) >= 11 is 5.82. The number of methoxy groups -OCH3 is 1. The van der Waals surface area contributed by atoms with E-state index < -0.39 is 4.92 Å². The fraction of sp³-hybridized carbons (Fsp3) is 0.211. The van der Waals surface area contributed by atoms with E-state index in [9.17, 15) is 14.9 Å². The third-order valence-corrected chi connectivity index (χ3v) is 4.46. The van der Waals surface area contributed by atoms with Gasteiger partial charge in [0.2, 0.25) is 5.95 Å². The fourth-order valence-electron chi connectivity index (χ4n) is 2.74. The number of hydrazone groups is 1. The van der Waals surface area contributed by atoms with Crippen molar-refractivity contribution in [2.75, 3.05) is 19.1 Å². The van der Waals surface area contributed by atoms with Crippen molar-refractivity contribution in [3.05, 3.63) is 73.5 Å². The number of hydrogen-bond acceptors (Lipinski definition) is 7. The molecule has 0 spiro atoms. The lowest BCUT2D eigenvalue weighted by molar-refractivity contribution is -0.384. The molecule has 0 saturated carbocycles. The number of ether oxygens (including phenoxy) is 1. The Kier molecular flexibility index (Phi) is 6.53. The number of rotatable bonds is 8. The van der Waals surface area contributed by atoms with E-state index in [2.05, 4.69) is 15.5 Å². The number of nitro benzene ring substituents is 1. The molecule has 0 aliphatic carbocycles. The van der Waals surface area contributed by atoms with Crippen LogP contribution in [-0.2, 0) is 11.3 Å². The van der Waals surface area contributed by atoms with Crippen LogP contribution in [-0.4, -0.2) is 34.4 Å². The Balaban J connectivity index is 1.91. The number of fused-ring (bicyclic) bond motifs is 1. The number of halogens is 1. The number of aromatic nitrogens is 2. The van der Waals surface area contributed by atoms with Gasteiger partial charge in [0.1, 0.15) is 5.02 Å². The van der Waals surface area contributed by atoms with Crippen LogP contribution in [0.4, 0.5) is 11.6 Å². The van der Waals surface area contributed by atoms with Crippen LogP contribution in [0.15, 0.2) is 52.4 Å². The Morgan fingerprint density at radius 3 is 2.90 bits per heavy atom. The second kappa shape index (κ2) is 9.26. The van der Waals surface area contributed by atoms with E-state index in [1.54, 1.807) is 37.4 Å². The first-order valence-electron chi connectivity index (χ1n) is 8.73. The van der Waals surface area contributed by atoms with Crippen LogP contribution in [0.5, 0.6) is 0 Å². The Bertz CT molecular complexity index is 1130. The molecule has 3 rings (SSSR count). The lowest BCUT2D eigenvalue weighted by Crippen LogP contribution is -2.24. The summed E-state index contributed by atoms with van der Waals surface area (Å²) in [5.41, 5.74) is 3.38. The molecule has 0 saturated heterocycles. The highest BCUT2D eigenvalue weighted by Gasteiger charge is 2.12. The lowest BCUT2D eigenvalue weighted by Gasteiger charge is -2.12. The Morgan fingerprint density at radius 2 is 2.14 bits per heavy atom. The highest BCUT2D eigenvalue weighted by Crippen LogP contribution is 2.24. The molecule has 1 heterocycles. The molecule has 0 radical (unpaired) electrons. The van der Waals surface area contributed by atoms with Gasteiger partial charge in [-0.3, -0.25) is 19.5 Å². The molecule has 0 unspecified atom stereocenters. The zero-order valence-electron chi connectivity index (χ0n) is 15.5. The number of nitrogens with one attached hydrogen (secondary N) is 1. The molecule has 3 aromatic rings. The highest BCUT2D eigenvalue weighted by atomic mass is 35.5. The van der Waals surface area contributed by atoms with Gasteiger partial charge in [0.25, 0.3) is 11.2 Å². The fourth-order valence-corrected chi connectivity index (χ4v) is 2.93. The van der Waals surface area contributed by atoms with E-state index in [-0.39, 0.29) is 22.2 Å². The molecular weight excluding hydrogens is 398 g/mol. The molecule has 1 N–H and O–H groups in total. The van der Waals surface area contributed by atoms with Gasteiger partial charge in [-0.1, -0.05) is 29.8 Å². The number of para-hydroxylation sites is 1. The van der Waals surface area contributed by atoms with Crippen molar-refractivity contribution in [3.63, 3.8) is 0 Å². The summed E-state index contributed by atoms with van der Waals surface area (Å²) in [6, 6.07) is 11.4. The lowest BCUT2D eigenvalue weighted by atomic mass is 10.2. The summed E-state index contributed by atoms with van der Waals surface area (Å²) in [6.45, 7) is 0.894. The first kappa shape index (κ1) is 20.4. The summed E-state index contributed by atoms with van der Waals surface area (Å²) in [5.74, 6) is 0.268. The highest BCUT2D eigenvalue weighted by molar-refractivity contribution is 6.32. The van der Waals surface area contributed by atoms with Crippen molar-refractivity contribution >= 4 is 40.4 Å². The Labute approximate surface area is 170 Å². The average Bonchev–Trinajstić information content (AvgIpc) is 2.71. The van der Waals surface area contributed by atoms with Crippen molar-refractivity contribution in [1.29, 1.82) is 0 Å². The SMILES string of the molecule is COCCCn1c(N/N=C\c2ccc(Cl)c([N+](=O)[O-])c2)nc2ccccc2c1=O. The number of nitro groups is 1. The second-order valence-corrected chi connectivity index (χ2v) is 6.50. The third kappa shape index (κ3) is 4.76. The van der Waals surface area contributed by atoms with Crippen LogP contribution in [0.2, 0.25) is 5.02 Å². The van der Waals surface area contributed by atoms with E-state index in [0.29, 0.717) is 36.0 Å². The van der Waals surface area contributed by atoms with Crippen molar-refractivity contribution in [2.45, 2.75) is 13.0 Å². The van der Waals surface area contributed by atoms with E-state index in [1.165, 1.54) is 22.9 Å². The minimum absolute atomic E-state index is 0.0447. The minimum atomic E-state index is -0.564. The number of anilines is 1. The molecule has 0 aliphatic heterocycles. The molecule has 1 aromatic heterocycles. The molecule has 0 bridgehead atoms. The van der Waals surface area contributed by atoms with Gasteiger partial charge >= 0.3 is 0 Å². The standard InChI is InChI=1S/C19H18ClN5O4/c1-29-10-4-9-24-18(26)14-5-2-3-6-16(14)22-19(24)23-21-12-13-7-8-15(20)17(11-13)25(27)28/h2-3,5-8,11-12H,4,9-10H2,1H3,(H,22,23)/b21-12-. The molecule has 0 atom stereocenters. The van der Waals surface area contributed by atoms with Gasteiger partial charge in [0.05, 0.1) is 22.0 Å². The largest absolute Gasteiger partial charge is 0.385 e. The van der Waals surface area contributed by atoms with Crippen LogP contribution in [0.25, 0.3) is 10.9 Å². The summed E-state index contributed by atoms with van der Waals surface area (Å²) < 4.78 is 6.55. The molecule has 150 valence electrons. The van der Waals surface area contributed by atoms with E-state index in [4.69, 9.17) is 16.3 Å². The topological polar surface area (TPSA) is 112 Å². The Hall–Kier alpha value is -3.30. The van der Waals surface area contributed by atoms with E-state index >= 15 is 0 Å². The summed E-state index contributed by atoms with van der Waals surface area (Å²) in [7, 11) is 1.59. The minimum Gasteiger partial charge on any atom is -0.385 e. The number of nitrogens with zero attached hydrogens (tertiary/aromatic N) is 4. The molecule has 29 heavy (non-hydrogen) atoms. The molecular formula is C19H18ClN5O4. The van der Waals surface area contributed by atoms with Crippen molar-refractivity contribution < 1.29 is 9.66 Å². The summed E-state index contributed by atoms with van der Waals surface area (Å²) in [5, 5.41) is 15.6. The molecule has 2 aromatic carbocycles. The monoisotopic (exact) mass is 415 g/mol. The van der Waals surface area contributed by atoms with Crippen molar-refractivity contribution in [2.24, 2.45) is 5.10 Å². The normalized spacial score (nSPS) is 11.2. The number of benzene rings is 2. The second-order valence-electron chi connectivity index (χ2n) is 6.09. The van der Waals surface area contributed by atoms with Crippen LogP contribution < -0.4 is 11.0 Å². The van der Waals surface area contributed by atoms with Gasteiger partial charge in [0.15, 0.2) is 0 Å². The van der Waals surface area contributed by atoms with E-state index in [1.807, 2.05) is 0 Å². The maximum atomic E-state index is 12.8. The van der Waals surface area contributed by atoms with Crippen LogP contribution in [0.1, 0.15) is 12.0 Å². The van der Waals surface area contributed by atoms with Crippen molar-refractivity contribution in [1.82, 2.24) is 9.55 Å². The molecule has 0 amide bonds. The Morgan fingerprint density at radius 1 is 1.34 bits per heavy atom. The molecule has 9 nitrogen and oxygen atoms in total. The zero-order valence-corrected chi connectivity index (χ0v) is 16.3. The van der Waals surface area contributed by atoms with Crippen molar-refractivity contribution in [3.8, 4) is 0 Å². The summed E-state index contributed by atoms with van der Waals surface area (Å²) in [6.07, 6.45) is 2.02. The quantitative estimate of drug-likeness (QED) is 0.261. The molecule has 10 heteroatoms. The van der Waals surface area contributed by atoms with Gasteiger partial charge < -0.3 is 4.74 Å². The first-order valence-corrected chi connectivity index (χ1v) is 9.10. The predicted octanol–water partition coefficient (Wildman–Crippen LogP) is 3.44. The zero-order chi connectivity index (χ0) is 20.8. The predicted molar refractivity (Wildman–Crippen MR) is 112 cm³/mol. The molecule has 0 aliphatic rings. The van der Waals surface area contributed by atoms with Crippen LogP contribution in [0.3, 0.4) is 0 Å². The number of hydrogen-bond donors (Lipinski definition) is 1. The van der Waals surface area contributed by atoms with Crippen LogP contribution in [0, 0.1) is 10.1 Å². The first-order chi connectivity index (χ1) is 14.0. The van der Waals surface area contributed by atoms with Crippen LogP contribution >= 0.6 is 11.6 Å². The third-order valence-electron chi connectivity index (χ3n) is 4.14. The van der Waals surface area contributed by atoms with Gasteiger partial charge in [-0.2, -0.15) is 5.10 Å². The van der Waals surface area contributed by atoms with Gasteiger partial charge in [-0.05, 0) is 24.6 Å². The average molecular weight is 416 g/mol. The van der Waals surface area contributed by atoms with Gasteiger partial charge in [0, 0.05) is 31.9 Å². The van der Waals surface area contributed by atoms with Gasteiger partial charge in [-0.25, -0.2) is 10.4 Å². The maximum absolute atomic E-state index is 12.8. The maximum Gasteiger partial charge on any atom is 0.288 e. The van der Waals surface area contributed by atoms with E-state index in [0.717, 1.165) is 0 Å².